The first kappa shape index (κ1) is 12.4. The highest BCUT2D eigenvalue weighted by atomic mass is 16.5. The number of hydrogen-bond donors (Lipinski definition) is 1. The molecule has 2 unspecified atom stereocenters. The van der Waals surface area contributed by atoms with Crippen LogP contribution in [0.1, 0.15) is 49.1 Å². The average molecular weight is 234 g/mol. The lowest BCUT2D eigenvalue weighted by Crippen LogP contribution is -2.10. The van der Waals surface area contributed by atoms with Crippen LogP contribution in [0, 0.1) is 6.92 Å². The Kier molecular flexibility index (Phi) is 4.06. The van der Waals surface area contributed by atoms with Crippen LogP contribution in [0.4, 0.5) is 0 Å². The molecule has 1 aliphatic carbocycles. The van der Waals surface area contributed by atoms with E-state index in [0.29, 0.717) is 5.92 Å². The third kappa shape index (κ3) is 3.01. The predicted molar refractivity (Wildman–Crippen MR) is 69.6 cm³/mol. The number of ether oxygens (including phenoxy) is 1. The van der Waals surface area contributed by atoms with Crippen LogP contribution in [-0.2, 0) is 0 Å². The first-order valence-corrected chi connectivity index (χ1v) is 6.53. The fraction of sp³-hybridized carbons (Fsp3) is 0.600. The summed E-state index contributed by atoms with van der Waals surface area (Å²) in [5.74, 6) is 1.41. The second-order valence-electron chi connectivity index (χ2n) is 5.12. The minimum absolute atomic E-state index is 0.146. The summed E-state index contributed by atoms with van der Waals surface area (Å²) in [5, 5.41) is 9.91. The van der Waals surface area contributed by atoms with Crippen LogP contribution in [0.25, 0.3) is 0 Å². The van der Waals surface area contributed by atoms with Gasteiger partial charge in [-0.3, -0.25) is 0 Å². The molecule has 1 aliphatic rings. The number of hydrogen-bond acceptors (Lipinski definition) is 2. The SMILES string of the molecule is COc1ccc(C)cc1C1CCCCC(O)C1. The van der Waals surface area contributed by atoms with Gasteiger partial charge in [-0.2, -0.15) is 0 Å². The molecular formula is C15H22O2. The van der Waals surface area contributed by atoms with Crippen molar-refractivity contribution in [3.63, 3.8) is 0 Å². The van der Waals surface area contributed by atoms with E-state index in [9.17, 15) is 5.11 Å². The van der Waals surface area contributed by atoms with Crippen molar-refractivity contribution in [3.05, 3.63) is 29.3 Å². The molecule has 1 aromatic carbocycles. The molecule has 94 valence electrons. The zero-order valence-electron chi connectivity index (χ0n) is 10.8. The Morgan fingerprint density at radius 3 is 2.76 bits per heavy atom. The van der Waals surface area contributed by atoms with Gasteiger partial charge in [0, 0.05) is 0 Å². The average Bonchev–Trinajstić information content (AvgIpc) is 2.54. The van der Waals surface area contributed by atoms with Crippen molar-refractivity contribution in [2.45, 2.75) is 51.0 Å². The Bertz CT molecular complexity index is 373. The van der Waals surface area contributed by atoms with E-state index in [1.54, 1.807) is 7.11 Å². The lowest BCUT2D eigenvalue weighted by atomic mass is 9.89. The highest BCUT2D eigenvalue weighted by molar-refractivity contribution is 5.39. The summed E-state index contributed by atoms with van der Waals surface area (Å²) in [6, 6.07) is 6.33. The molecule has 0 radical (unpaired) electrons. The molecule has 0 saturated heterocycles. The lowest BCUT2D eigenvalue weighted by Gasteiger charge is -2.20. The molecule has 17 heavy (non-hydrogen) atoms. The van der Waals surface area contributed by atoms with Crippen molar-refractivity contribution < 1.29 is 9.84 Å². The second-order valence-corrected chi connectivity index (χ2v) is 5.12. The van der Waals surface area contributed by atoms with Gasteiger partial charge in [0.2, 0.25) is 0 Å². The van der Waals surface area contributed by atoms with Crippen LogP contribution in [0.2, 0.25) is 0 Å². The summed E-state index contributed by atoms with van der Waals surface area (Å²) in [6.07, 6.45) is 5.19. The Hall–Kier alpha value is -1.02. The molecule has 2 rings (SSSR count). The van der Waals surface area contributed by atoms with E-state index >= 15 is 0 Å². The summed E-state index contributed by atoms with van der Waals surface area (Å²) >= 11 is 0. The Labute approximate surface area is 104 Å². The third-order valence-electron chi connectivity index (χ3n) is 3.72. The van der Waals surface area contributed by atoms with Crippen LogP contribution in [-0.4, -0.2) is 18.3 Å². The van der Waals surface area contributed by atoms with Gasteiger partial charge in [-0.05, 0) is 43.7 Å². The van der Waals surface area contributed by atoms with Crippen molar-refractivity contribution in [2.75, 3.05) is 7.11 Å². The van der Waals surface area contributed by atoms with Gasteiger partial charge in [-0.15, -0.1) is 0 Å². The van der Waals surface area contributed by atoms with E-state index in [0.717, 1.165) is 31.4 Å². The fourth-order valence-electron chi connectivity index (χ4n) is 2.79. The van der Waals surface area contributed by atoms with E-state index in [1.807, 2.05) is 6.07 Å². The van der Waals surface area contributed by atoms with Gasteiger partial charge in [0.25, 0.3) is 0 Å². The van der Waals surface area contributed by atoms with Crippen molar-refractivity contribution in [1.29, 1.82) is 0 Å². The minimum Gasteiger partial charge on any atom is -0.496 e. The van der Waals surface area contributed by atoms with Gasteiger partial charge < -0.3 is 9.84 Å². The molecule has 0 amide bonds. The van der Waals surface area contributed by atoms with Gasteiger partial charge in [-0.1, -0.05) is 30.5 Å². The maximum absolute atomic E-state index is 9.91. The highest BCUT2D eigenvalue weighted by Gasteiger charge is 2.22. The van der Waals surface area contributed by atoms with Crippen molar-refractivity contribution >= 4 is 0 Å². The summed E-state index contributed by atoms with van der Waals surface area (Å²) in [4.78, 5) is 0. The topological polar surface area (TPSA) is 29.5 Å². The maximum atomic E-state index is 9.91. The second kappa shape index (κ2) is 5.54. The Balaban J connectivity index is 2.27. The number of aliphatic hydroxyl groups is 1. The maximum Gasteiger partial charge on any atom is 0.122 e. The van der Waals surface area contributed by atoms with Gasteiger partial charge in [0.15, 0.2) is 0 Å². The summed E-state index contributed by atoms with van der Waals surface area (Å²) in [5.41, 5.74) is 2.54. The molecule has 0 heterocycles. The van der Waals surface area contributed by atoms with Crippen molar-refractivity contribution in [1.82, 2.24) is 0 Å². The number of aryl methyl sites for hydroxylation is 1. The van der Waals surface area contributed by atoms with Crippen LogP contribution in [0.15, 0.2) is 18.2 Å². The number of aliphatic hydroxyl groups excluding tert-OH is 1. The predicted octanol–water partition coefficient (Wildman–Crippen LogP) is 3.41. The first-order chi connectivity index (χ1) is 8.20. The molecule has 2 heteroatoms. The van der Waals surface area contributed by atoms with Gasteiger partial charge >= 0.3 is 0 Å². The lowest BCUT2D eigenvalue weighted by molar-refractivity contribution is 0.151. The molecule has 1 N–H and O–H groups in total. The summed E-state index contributed by atoms with van der Waals surface area (Å²) < 4.78 is 5.45. The third-order valence-corrected chi connectivity index (χ3v) is 3.72. The van der Waals surface area contributed by atoms with Gasteiger partial charge in [0.1, 0.15) is 5.75 Å². The van der Waals surface area contributed by atoms with E-state index in [4.69, 9.17) is 4.74 Å². The Morgan fingerprint density at radius 1 is 1.24 bits per heavy atom. The largest absolute Gasteiger partial charge is 0.496 e. The van der Waals surface area contributed by atoms with E-state index in [-0.39, 0.29) is 6.10 Å². The van der Waals surface area contributed by atoms with E-state index in [2.05, 4.69) is 19.1 Å². The fourth-order valence-corrected chi connectivity index (χ4v) is 2.79. The normalized spacial score (nSPS) is 25.4. The van der Waals surface area contributed by atoms with Gasteiger partial charge in [0.05, 0.1) is 13.2 Å². The van der Waals surface area contributed by atoms with Crippen molar-refractivity contribution in [3.8, 4) is 5.75 Å². The zero-order chi connectivity index (χ0) is 12.3. The molecule has 1 fully saturated rings. The standard InChI is InChI=1S/C15H22O2/c1-11-7-8-15(17-2)14(9-11)12-5-3-4-6-13(16)10-12/h7-9,12-13,16H,3-6,10H2,1-2H3. The smallest absolute Gasteiger partial charge is 0.122 e. The zero-order valence-corrected chi connectivity index (χ0v) is 10.8. The van der Waals surface area contributed by atoms with Crippen LogP contribution >= 0.6 is 0 Å². The quantitative estimate of drug-likeness (QED) is 0.795. The van der Waals surface area contributed by atoms with E-state index in [1.165, 1.54) is 17.5 Å². The number of rotatable bonds is 2. The van der Waals surface area contributed by atoms with Crippen LogP contribution in [0.3, 0.4) is 0 Å². The summed E-state index contributed by atoms with van der Waals surface area (Å²) in [6.45, 7) is 2.11. The summed E-state index contributed by atoms with van der Waals surface area (Å²) in [7, 11) is 1.72. The molecule has 0 bridgehead atoms. The molecule has 0 aromatic heterocycles. The highest BCUT2D eigenvalue weighted by Crippen LogP contribution is 2.37. The molecule has 2 nitrogen and oxygen atoms in total. The monoisotopic (exact) mass is 234 g/mol. The molecule has 1 aromatic rings. The van der Waals surface area contributed by atoms with Gasteiger partial charge in [-0.25, -0.2) is 0 Å². The van der Waals surface area contributed by atoms with E-state index < -0.39 is 0 Å². The Morgan fingerprint density at radius 2 is 2.00 bits per heavy atom. The molecular weight excluding hydrogens is 212 g/mol. The molecule has 0 aliphatic heterocycles. The number of benzene rings is 1. The first-order valence-electron chi connectivity index (χ1n) is 6.53. The van der Waals surface area contributed by atoms with Crippen LogP contribution < -0.4 is 4.74 Å². The van der Waals surface area contributed by atoms with Crippen molar-refractivity contribution in [2.24, 2.45) is 0 Å². The van der Waals surface area contributed by atoms with Crippen LogP contribution in [0.5, 0.6) is 5.75 Å². The molecule has 0 spiro atoms. The molecule has 1 saturated carbocycles. The molecule has 2 atom stereocenters. The minimum atomic E-state index is -0.146. The number of methoxy groups -OCH3 is 1.